The maximum atomic E-state index is 12.4. The number of aryl methyl sites for hydroxylation is 1. The van der Waals surface area contributed by atoms with Gasteiger partial charge in [-0.25, -0.2) is 0 Å². The zero-order chi connectivity index (χ0) is 18.9. The number of hydrogen-bond acceptors (Lipinski definition) is 3. The van der Waals surface area contributed by atoms with Crippen LogP contribution in [0.25, 0.3) is 0 Å². The maximum absolute atomic E-state index is 12.4. The molecule has 0 saturated carbocycles. The highest BCUT2D eigenvalue weighted by Gasteiger charge is 2.22. The van der Waals surface area contributed by atoms with Crippen molar-refractivity contribution in [3.63, 3.8) is 0 Å². The molecule has 0 bridgehead atoms. The molecule has 5 heteroatoms. The Morgan fingerprint density at radius 2 is 1.89 bits per heavy atom. The molecule has 4 nitrogen and oxygen atoms in total. The first-order chi connectivity index (χ1) is 13.2. The predicted molar refractivity (Wildman–Crippen MR) is 110 cm³/mol. The number of rotatable bonds is 8. The van der Waals surface area contributed by atoms with Crippen LogP contribution in [0.2, 0.25) is 0 Å². The van der Waals surface area contributed by atoms with Crippen molar-refractivity contribution < 1.29 is 9.59 Å². The van der Waals surface area contributed by atoms with Crippen LogP contribution in [0.4, 0.5) is 0 Å². The van der Waals surface area contributed by atoms with Crippen molar-refractivity contribution in [1.82, 2.24) is 10.2 Å². The molecule has 0 atom stereocenters. The number of benzene rings is 1. The summed E-state index contributed by atoms with van der Waals surface area (Å²) in [4.78, 5) is 26.2. The number of carbonyl (C=O) groups is 2. The number of hydrogen-bond donors (Lipinski definition) is 1. The van der Waals surface area contributed by atoms with Crippen LogP contribution in [0.5, 0.6) is 0 Å². The average molecular weight is 385 g/mol. The summed E-state index contributed by atoms with van der Waals surface area (Å²) in [6, 6.07) is 12.4. The highest BCUT2D eigenvalue weighted by Crippen LogP contribution is 2.23. The number of nitrogens with zero attached hydrogens (tertiary/aromatic N) is 1. The van der Waals surface area contributed by atoms with E-state index in [1.807, 2.05) is 21.7 Å². The lowest BCUT2D eigenvalue weighted by atomic mass is 9.90. The number of thiophene rings is 1. The molecule has 1 fully saturated rings. The molecule has 2 heterocycles. The van der Waals surface area contributed by atoms with E-state index in [1.54, 1.807) is 0 Å². The van der Waals surface area contributed by atoms with Gasteiger partial charge in [-0.1, -0.05) is 30.3 Å². The smallest absolute Gasteiger partial charge is 0.252 e. The molecule has 1 N–H and O–H groups in total. The molecule has 1 aliphatic rings. The second-order valence-corrected chi connectivity index (χ2v) is 8.00. The fourth-order valence-electron chi connectivity index (χ4n) is 3.58. The van der Waals surface area contributed by atoms with Crippen LogP contribution < -0.4 is 5.32 Å². The Labute approximate surface area is 165 Å². The van der Waals surface area contributed by atoms with Crippen LogP contribution in [0.1, 0.15) is 48.0 Å². The summed E-state index contributed by atoms with van der Waals surface area (Å²) in [5.74, 6) is 0.892. The van der Waals surface area contributed by atoms with E-state index in [0.29, 0.717) is 24.9 Å². The molecule has 0 spiro atoms. The van der Waals surface area contributed by atoms with Gasteiger partial charge in [-0.15, -0.1) is 0 Å². The van der Waals surface area contributed by atoms with Crippen LogP contribution in [-0.2, 0) is 11.2 Å². The standard InChI is InChI=1S/C22H28N2O2S/c25-21(7-4-13-23-22(26)20-12-16-27-17-20)24-14-10-19(11-15-24)9-8-18-5-2-1-3-6-18/h1-3,5-6,12,16-17,19H,4,7-11,13-15H2,(H,23,26). The van der Waals surface area contributed by atoms with Crippen LogP contribution in [0.15, 0.2) is 47.2 Å². The fourth-order valence-corrected chi connectivity index (χ4v) is 4.22. The van der Waals surface area contributed by atoms with Gasteiger partial charge in [0.15, 0.2) is 0 Å². The Morgan fingerprint density at radius 3 is 2.59 bits per heavy atom. The first-order valence-electron chi connectivity index (χ1n) is 9.84. The molecule has 144 valence electrons. The topological polar surface area (TPSA) is 49.4 Å². The van der Waals surface area contributed by atoms with E-state index in [0.717, 1.165) is 38.3 Å². The van der Waals surface area contributed by atoms with Gasteiger partial charge >= 0.3 is 0 Å². The van der Waals surface area contributed by atoms with Crippen LogP contribution in [0, 0.1) is 5.92 Å². The van der Waals surface area contributed by atoms with E-state index in [-0.39, 0.29) is 11.8 Å². The van der Waals surface area contributed by atoms with Crippen LogP contribution in [-0.4, -0.2) is 36.3 Å². The fraction of sp³-hybridized carbons (Fsp3) is 0.455. The zero-order valence-corrected chi connectivity index (χ0v) is 16.5. The number of likely N-dealkylation sites (tertiary alicyclic amines) is 1. The van der Waals surface area contributed by atoms with Crippen molar-refractivity contribution >= 4 is 23.2 Å². The van der Waals surface area contributed by atoms with Crippen molar-refractivity contribution in [2.24, 2.45) is 5.92 Å². The quantitative estimate of drug-likeness (QED) is 0.696. The van der Waals surface area contributed by atoms with Crippen LogP contribution in [0.3, 0.4) is 0 Å². The van der Waals surface area contributed by atoms with Crippen LogP contribution >= 0.6 is 11.3 Å². The van der Waals surface area contributed by atoms with Gasteiger partial charge in [0, 0.05) is 37.0 Å². The van der Waals surface area contributed by atoms with E-state index in [4.69, 9.17) is 0 Å². The number of amides is 2. The van der Waals surface area contributed by atoms with Gasteiger partial charge in [0.25, 0.3) is 5.91 Å². The van der Waals surface area contributed by atoms with Crippen molar-refractivity contribution in [2.75, 3.05) is 19.6 Å². The summed E-state index contributed by atoms with van der Waals surface area (Å²) < 4.78 is 0. The van der Waals surface area contributed by atoms with Gasteiger partial charge in [0.05, 0.1) is 0 Å². The van der Waals surface area contributed by atoms with Crippen molar-refractivity contribution in [1.29, 1.82) is 0 Å². The second kappa shape index (κ2) is 10.3. The molecule has 1 saturated heterocycles. The van der Waals surface area contributed by atoms with E-state index in [2.05, 4.69) is 35.6 Å². The average Bonchev–Trinajstić information content (AvgIpc) is 3.25. The minimum Gasteiger partial charge on any atom is -0.352 e. The van der Waals surface area contributed by atoms with E-state index >= 15 is 0 Å². The van der Waals surface area contributed by atoms with Gasteiger partial charge in [0.2, 0.25) is 5.91 Å². The van der Waals surface area contributed by atoms with E-state index in [9.17, 15) is 9.59 Å². The molecule has 1 aromatic heterocycles. The van der Waals surface area contributed by atoms with E-state index < -0.39 is 0 Å². The summed E-state index contributed by atoms with van der Waals surface area (Å²) in [5.41, 5.74) is 2.10. The first kappa shape index (κ1) is 19.6. The first-order valence-corrected chi connectivity index (χ1v) is 10.8. The number of nitrogens with one attached hydrogen (secondary N) is 1. The molecular formula is C22H28N2O2S. The minimum atomic E-state index is -0.0528. The largest absolute Gasteiger partial charge is 0.352 e. The molecule has 27 heavy (non-hydrogen) atoms. The third kappa shape index (κ3) is 6.21. The normalized spacial score (nSPS) is 14.9. The SMILES string of the molecule is O=C(NCCCC(=O)N1CCC(CCc2ccccc2)CC1)c1ccsc1. The molecule has 0 aliphatic carbocycles. The number of piperidine rings is 1. The summed E-state index contributed by atoms with van der Waals surface area (Å²) in [7, 11) is 0. The Kier molecular flexibility index (Phi) is 7.45. The van der Waals surface area contributed by atoms with Gasteiger partial charge in [-0.05, 0) is 55.0 Å². The Balaban J connectivity index is 1.28. The molecular weight excluding hydrogens is 356 g/mol. The monoisotopic (exact) mass is 384 g/mol. The molecule has 2 aromatic rings. The predicted octanol–water partition coefficient (Wildman–Crippen LogP) is 4.13. The third-order valence-electron chi connectivity index (χ3n) is 5.29. The van der Waals surface area contributed by atoms with E-state index in [1.165, 1.54) is 23.3 Å². The highest BCUT2D eigenvalue weighted by molar-refractivity contribution is 7.08. The lowest BCUT2D eigenvalue weighted by molar-refractivity contribution is -0.132. The highest BCUT2D eigenvalue weighted by atomic mass is 32.1. The van der Waals surface area contributed by atoms with Crippen molar-refractivity contribution in [3.05, 3.63) is 58.3 Å². The summed E-state index contributed by atoms with van der Waals surface area (Å²) in [6.07, 6.45) is 5.76. The van der Waals surface area contributed by atoms with Gasteiger partial charge in [-0.2, -0.15) is 11.3 Å². The lowest BCUT2D eigenvalue weighted by Gasteiger charge is -2.32. The Bertz CT molecular complexity index is 707. The summed E-state index contributed by atoms with van der Waals surface area (Å²) in [6.45, 7) is 2.30. The molecule has 2 amide bonds. The Morgan fingerprint density at radius 1 is 1.11 bits per heavy atom. The molecule has 0 unspecified atom stereocenters. The summed E-state index contributed by atoms with van der Waals surface area (Å²) in [5, 5.41) is 6.61. The second-order valence-electron chi connectivity index (χ2n) is 7.22. The van der Waals surface area contributed by atoms with Crippen molar-refractivity contribution in [2.45, 2.75) is 38.5 Å². The minimum absolute atomic E-state index is 0.0528. The lowest BCUT2D eigenvalue weighted by Crippen LogP contribution is -2.38. The molecule has 1 aromatic carbocycles. The van der Waals surface area contributed by atoms with Crippen molar-refractivity contribution in [3.8, 4) is 0 Å². The van der Waals surface area contributed by atoms with Gasteiger partial charge < -0.3 is 10.2 Å². The maximum Gasteiger partial charge on any atom is 0.252 e. The third-order valence-corrected chi connectivity index (χ3v) is 5.97. The van der Waals surface area contributed by atoms with Gasteiger partial charge in [0.1, 0.15) is 0 Å². The molecule has 1 aliphatic heterocycles. The Hall–Kier alpha value is -2.14. The summed E-state index contributed by atoms with van der Waals surface area (Å²) >= 11 is 1.51. The molecule has 0 radical (unpaired) electrons. The zero-order valence-electron chi connectivity index (χ0n) is 15.7. The molecule has 3 rings (SSSR count). The van der Waals surface area contributed by atoms with Gasteiger partial charge in [-0.3, -0.25) is 9.59 Å². The number of carbonyl (C=O) groups excluding carboxylic acids is 2.